The number of aliphatic hydroxyl groups excluding tert-OH is 2. The number of carbonyl (C=O) groups is 1. The van der Waals surface area contributed by atoms with E-state index < -0.39 is 29.6 Å². The molecule has 0 amide bonds. The Morgan fingerprint density at radius 3 is 2.44 bits per heavy atom. The van der Waals surface area contributed by atoms with E-state index in [9.17, 15) is 28.9 Å². The van der Waals surface area contributed by atoms with Crippen LogP contribution in [0.15, 0.2) is 12.1 Å². The van der Waals surface area contributed by atoms with Gasteiger partial charge in [-0.15, -0.1) is 0 Å². The zero-order valence-electron chi connectivity index (χ0n) is 9.43. The van der Waals surface area contributed by atoms with Crippen LogP contribution in [-0.4, -0.2) is 32.3 Å². The second-order valence-electron chi connectivity index (χ2n) is 3.64. The predicted octanol–water partition coefficient (Wildman–Crippen LogP) is 1.34. The van der Waals surface area contributed by atoms with Crippen LogP contribution in [0.4, 0.5) is 8.78 Å². The molecule has 7 heteroatoms. The summed E-state index contributed by atoms with van der Waals surface area (Å²) in [6.07, 6.45) is -2.98. The highest BCUT2D eigenvalue weighted by Gasteiger charge is 2.23. The Morgan fingerprint density at radius 2 is 1.89 bits per heavy atom. The van der Waals surface area contributed by atoms with Crippen molar-refractivity contribution in [2.75, 3.05) is 5.75 Å². The van der Waals surface area contributed by atoms with E-state index in [0.717, 1.165) is 11.8 Å². The lowest BCUT2D eigenvalue weighted by molar-refractivity contribution is -0.109. The first kappa shape index (κ1) is 14.9. The van der Waals surface area contributed by atoms with Crippen LogP contribution in [0.25, 0.3) is 0 Å². The van der Waals surface area contributed by atoms with E-state index >= 15 is 0 Å². The summed E-state index contributed by atoms with van der Waals surface area (Å²) in [7, 11) is 0. The number of thioether (sulfide) groups is 1. The Bertz CT molecular complexity index is 453. The van der Waals surface area contributed by atoms with Gasteiger partial charge in [0.1, 0.15) is 11.9 Å². The highest BCUT2D eigenvalue weighted by atomic mass is 32.2. The number of hydrogen-bond acceptors (Lipinski definition) is 5. The van der Waals surface area contributed by atoms with Gasteiger partial charge >= 0.3 is 0 Å². The summed E-state index contributed by atoms with van der Waals surface area (Å²) in [6.45, 7) is 1.29. The molecule has 18 heavy (non-hydrogen) atoms. The van der Waals surface area contributed by atoms with Crippen LogP contribution < -0.4 is 0 Å². The van der Waals surface area contributed by atoms with Crippen molar-refractivity contribution in [2.24, 2.45) is 0 Å². The van der Waals surface area contributed by atoms with Gasteiger partial charge in [0.05, 0.1) is 6.10 Å². The molecule has 3 N–H and O–H groups in total. The predicted molar refractivity (Wildman–Crippen MR) is 62.1 cm³/mol. The van der Waals surface area contributed by atoms with Gasteiger partial charge < -0.3 is 15.3 Å². The maximum Gasteiger partial charge on any atom is 0.185 e. The molecule has 0 saturated carbocycles. The number of halogens is 2. The monoisotopic (exact) mass is 278 g/mol. The number of rotatable bonds is 4. The van der Waals surface area contributed by atoms with Crippen molar-refractivity contribution in [3.8, 4) is 5.75 Å². The first-order chi connectivity index (χ1) is 8.32. The van der Waals surface area contributed by atoms with E-state index in [1.807, 2.05) is 0 Å². The summed E-state index contributed by atoms with van der Waals surface area (Å²) in [6, 6.07) is 1.12. The molecule has 0 aliphatic heterocycles. The standard InChI is InChI=1S/C11H12F2O4S/c1-5(14)18-4-10(16)11(17)6-2-7(12)8(13)3-9(6)15/h2-3,10-11,15-17H,4H2,1H3. The number of aliphatic hydroxyl groups is 2. The van der Waals surface area contributed by atoms with Gasteiger partial charge in [0.25, 0.3) is 0 Å². The van der Waals surface area contributed by atoms with Crippen LogP contribution in [0.3, 0.4) is 0 Å². The lowest BCUT2D eigenvalue weighted by Gasteiger charge is -2.18. The molecule has 0 fully saturated rings. The average molecular weight is 278 g/mol. The maximum atomic E-state index is 13.0. The summed E-state index contributed by atoms with van der Waals surface area (Å²) in [5.41, 5.74) is -0.328. The molecular weight excluding hydrogens is 266 g/mol. The summed E-state index contributed by atoms with van der Waals surface area (Å²) >= 11 is 0.777. The third kappa shape index (κ3) is 3.66. The van der Waals surface area contributed by atoms with Gasteiger partial charge in [-0.2, -0.15) is 0 Å². The van der Waals surface area contributed by atoms with E-state index in [4.69, 9.17) is 0 Å². The van der Waals surface area contributed by atoms with Crippen LogP contribution in [0.1, 0.15) is 18.6 Å². The van der Waals surface area contributed by atoms with E-state index in [1.165, 1.54) is 6.92 Å². The molecule has 0 bridgehead atoms. The molecule has 4 nitrogen and oxygen atoms in total. The summed E-state index contributed by atoms with van der Waals surface area (Å²) in [5, 5.41) is 28.3. The Balaban J connectivity index is 2.86. The number of carbonyl (C=O) groups excluding carboxylic acids is 1. The molecule has 0 aliphatic rings. The van der Waals surface area contributed by atoms with Crippen molar-refractivity contribution in [3.63, 3.8) is 0 Å². The quantitative estimate of drug-likeness (QED) is 0.775. The minimum absolute atomic E-state index is 0.116. The Morgan fingerprint density at radius 1 is 1.33 bits per heavy atom. The van der Waals surface area contributed by atoms with Crippen molar-refractivity contribution in [1.82, 2.24) is 0 Å². The smallest absolute Gasteiger partial charge is 0.185 e. The normalized spacial score (nSPS) is 14.3. The van der Waals surface area contributed by atoms with Crippen molar-refractivity contribution in [2.45, 2.75) is 19.1 Å². The van der Waals surface area contributed by atoms with Crippen LogP contribution in [0.2, 0.25) is 0 Å². The molecular formula is C11H12F2O4S. The second kappa shape index (κ2) is 6.12. The van der Waals surface area contributed by atoms with Crippen LogP contribution in [0, 0.1) is 11.6 Å². The second-order valence-corrected chi connectivity index (χ2v) is 4.84. The number of hydrogen-bond donors (Lipinski definition) is 3. The molecule has 0 radical (unpaired) electrons. The first-order valence-electron chi connectivity index (χ1n) is 5.00. The molecule has 2 atom stereocenters. The topological polar surface area (TPSA) is 77.8 Å². The summed E-state index contributed by atoms with van der Waals surface area (Å²) in [4.78, 5) is 10.7. The first-order valence-corrected chi connectivity index (χ1v) is 5.99. The fourth-order valence-electron chi connectivity index (χ4n) is 1.29. The van der Waals surface area contributed by atoms with Crippen LogP contribution in [-0.2, 0) is 4.79 Å². The SMILES string of the molecule is CC(=O)SCC(O)C(O)c1cc(F)c(F)cc1O. The molecule has 0 heterocycles. The molecule has 0 aromatic heterocycles. The van der Waals surface area contributed by atoms with Crippen LogP contribution in [0.5, 0.6) is 5.75 Å². The molecule has 0 aliphatic carbocycles. The highest BCUT2D eigenvalue weighted by Crippen LogP contribution is 2.29. The molecule has 1 aromatic carbocycles. The van der Waals surface area contributed by atoms with Crippen molar-refractivity contribution < 1.29 is 28.9 Å². The molecule has 1 rings (SSSR count). The fourth-order valence-corrected chi connectivity index (χ4v) is 1.88. The summed E-state index contributed by atoms with van der Waals surface area (Å²) < 4.78 is 25.7. The maximum absolute atomic E-state index is 13.0. The molecule has 0 saturated heterocycles. The number of benzene rings is 1. The Hall–Kier alpha value is -1.18. The van der Waals surface area contributed by atoms with Gasteiger partial charge in [-0.05, 0) is 6.07 Å². The highest BCUT2D eigenvalue weighted by molar-refractivity contribution is 8.13. The lowest BCUT2D eigenvalue weighted by Crippen LogP contribution is -2.21. The number of phenolic OH excluding ortho intramolecular Hbond substituents is 1. The van der Waals surface area contributed by atoms with Gasteiger partial charge in [0, 0.05) is 24.3 Å². The Kier molecular flexibility index (Phi) is 5.06. The summed E-state index contributed by atoms with van der Waals surface area (Å²) in [5.74, 6) is -3.27. The zero-order valence-corrected chi connectivity index (χ0v) is 10.2. The largest absolute Gasteiger partial charge is 0.507 e. The molecule has 1 aromatic rings. The third-order valence-electron chi connectivity index (χ3n) is 2.21. The van der Waals surface area contributed by atoms with Crippen molar-refractivity contribution in [1.29, 1.82) is 0 Å². The molecule has 2 unspecified atom stereocenters. The zero-order chi connectivity index (χ0) is 13.9. The number of aromatic hydroxyl groups is 1. The van der Waals surface area contributed by atoms with E-state index in [1.54, 1.807) is 0 Å². The van der Waals surface area contributed by atoms with Crippen LogP contribution >= 0.6 is 11.8 Å². The molecule has 100 valence electrons. The lowest BCUT2D eigenvalue weighted by atomic mass is 10.0. The Labute approximate surface area is 106 Å². The van der Waals surface area contributed by atoms with Gasteiger partial charge in [-0.3, -0.25) is 4.79 Å². The van der Waals surface area contributed by atoms with E-state index in [0.29, 0.717) is 12.1 Å². The van der Waals surface area contributed by atoms with Crippen molar-refractivity contribution >= 4 is 16.9 Å². The van der Waals surface area contributed by atoms with Gasteiger partial charge in [0.2, 0.25) is 0 Å². The third-order valence-corrected chi connectivity index (χ3v) is 3.12. The van der Waals surface area contributed by atoms with E-state index in [-0.39, 0.29) is 16.4 Å². The minimum Gasteiger partial charge on any atom is -0.507 e. The molecule has 0 spiro atoms. The number of phenols is 1. The van der Waals surface area contributed by atoms with Gasteiger partial charge in [-0.25, -0.2) is 8.78 Å². The minimum atomic E-state index is -1.60. The van der Waals surface area contributed by atoms with Gasteiger partial charge in [-0.1, -0.05) is 11.8 Å². The van der Waals surface area contributed by atoms with Crippen molar-refractivity contribution in [3.05, 3.63) is 29.3 Å². The fraction of sp³-hybridized carbons (Fsp3) is 0.364. The average Bonchev–Trinajstić information content (AvgIpc) is 2.29. The van der Waals surface area contributed by atoms with Gasteiger partial charge in [0.15, 0.2) is 16.7 Å². The van der Waals surface area contributed by atoms with E-state index in [2.05, 4.69) is 0 Å².